The Bertz CT molecular complexity index is 523. The van der Waals surface area contributed by atoms with E-state index in [4.69, 9.17) is 53.9 Å². The van der Waals surface area contributed by atoms with Crippen molar-refractivity contribution in [1.29, 1.82) is 0 Å². The summed E-state index contributed by atoms with van der Waals surface area (Å²) < 4.78 is 47.4. The van der Waals surface area contributed by atoms with Crippen LogP contribution in [0.25, 0.3) is 0 Å². The molecule has 0 radical (unpaired) electrons. The Morgan fingerprint density at radius 2 is 1.23 bits per heavy atom. The van der Waals surface area contributed by atoms with Crippen LogP contribution in [0.2, 0.25) is 0 Å². The van der Waals surface area contributed by atoms with Crippen LogP contribution in [0.1, 0.15) is 15.6 Å². The molecule has 3 aliphatic rings. The van der Waals surface area contributed by atoms with Crippen LogP contribution >= 0.6 is 13.4 Å². The molecule has 3 heterocycles. The van der Waals surface area contributed by atoms with Crippen LogP contribution in [0.15, 0.2) is 0 Å². The SMILES string of the molecule is [3H][C@@H]1C[C@@H]2OP(O)(=S)OC[C@H]3O[C@@H]([3H])C[C@@H]3OP(O)(=S)OC[C@H]2O1. The summed E-state index contributed by atoms with van der Waals surface area (Å²) in [6.07, 6.45) is -2.57. The number of hydrogen-bond donors (Lipinski definition) is 2. The summed E-state index contributed by atoms with van der Waals surface area (Å²) in [5.41, 5.74) is 0. The van der Waals surface area contributed by atoms with E-state index in [0.717, 1.165) is 0 Å². The van der Waals surface area contributed by atoms with Gasteiger partial charge in [0, 0.05) is 26.0 Å². The van der Waals surface area contributed by atoms with Crippen molar-refractivity contribution in [3.05, 3.63) is 0 Å². The second-order valence-electron chi connectivity index (χ2n) is 4.97. The molecule has 0 amide bonds. The van der Waals surface area contributed by atoms with E-state index in [1.807, 2.05) is 0 Å². The van der Waals surface area contributed by atoms with Crippen molar-refractivity contribution < 1.29 is 40.1 Å². The standard InChI is InChI=1S/C10H18O8P2S2/c11-19(21)16-6-10-8(2-4-14-10)18-20(12,22)15-5-9-7(17-19)1-3-13-9/h7-10H,1-6H2,(H,11,21)(H,12,22)/t7-,8-,9+,10+,19?,20?/m0/s1/i3T,4T/t3-,4+,7-,8-,9+,10+,19?,20?. The second kappa shape index (κ2) is 7.07. The summed E-state index contributed by atoms with van der Waals surface area (Å²) in [7, 11) is 0. The third-order valence-corrected chi connectivity index (χ3v) is 6.54. The zero-order chi connectivity index (χ0) is 17.5. The molecule has 3 aliphatic heterocycles. The molecular formula is C10H18O8P2S2. The van der Waals surface area contributed by atoms with E-state index < -0.39 is 51.0 Å². The predicted molar refractivity (Wildman–Crippen MR) is 83.4 cm³/mol. The largest absolute Gasteiger partial charge is 0.373 e. The Morgan fingerprint density at radius 1 is 0.818 bits per heavy atom. The lowest BCUT2D eigenvalue weighted by molar-refractivity contribution is -0.0223. The summed E-state index contributed by atoms with van der Waals surface area (Å²) >= 11 is 9.96. The van der Waals surface area contributed by atoms with E-state index in [2.05, 4.69) is 0 Å². The molecule has 22 heavy (non-hydrogen) atoms. The fraction of sp³-hybridized carbons (Fsp3) is 1.00. The van der Waals surface area contributed by atoms with E-state index in [0.29, 0.717) is 0 Å². The first-order valence-electron chi connectivity index (χ1n) is 7.76. The van der Waals surface area contributed by atoms with Gasteiger partial charge in [0.15, 0.2) is 0 Å². The summed E-state index contributed by atoms with van der Waals surface area (Å²) in [5.74, 6) is 0. The van der Waals surface area contributed by atoms with Gasteiger partial charge < -0.3 is 37.4 Å². The average molecular weight is 396 g/mol. The first-order valence-corrected chi connectivity index (χ1v) is 11.8. The van der Waals surface area contributed by atoms with Crippen molar-refractivity contribution in [1.82, 2.24) is 0 Å². The van der Waals surface area contributed by atoms with E-state index in [1.54, 1.807) is 0 Å². The Morgan fingerprint density at radius 3 is 1.64 bits per heavy atom. The number of rotatable bonds is 0. The zero-order valence-electron chi connectivity index (χ0n) is 13.3. The molecule has 0 aromatic rings. The molecular weight excluding hydrogens is 374 g/mol. The first kappa shape index (κ1) is 15.3. The molecule has 3 rings (SSSR count). The minimum absolute atomic E-state index is 0.169. The van der Waals surface area contributed by atoms with Gasteiger partial charge in [0.25, 0.3) is 0 Å². The van der Waals surface area contributed by atoms with Gasteiger partial charge >= 0.3 is 13.4 Å². The van der Waals surface area contributed by atoms with Crippen LogP contribution in [0.5, 0.6) is 0 Å². The normalized spacial score (nSPS) is 58.6. The zero-order valence-corrected chi connectivity index (χ0v) is 14.8. The quantitative estimate of drug-likeness (QED) is 0.573. The van der Waals surface area contributed by atoms with Gasteiger partial charge in [-0.25, -0.2) is 0 Å². The number of hydrogen-bond acceptors (Lipinski definition) is 8. The predicted octanol–water partition coefficient (Wildman–Crippen LogP) is 0.815. The Labute approximate surface area is 141 Å². The lowest BCUT2D eigenvalue weighted by Gasteiger charge is -2.29. The molecule has 8 atom stereocenters. The Kier molecular flexibility index (Phi) is 4.90. The van der Waals surface area contributed by atoms with Crippen molar-refractivity contribution in [3.63, 3.8) is 0 Å². The summed E-state index contributed by atoms with van der Waals surface area (Å²) in [4.78, 5) is 20.4. The van der Waals surface area contributed by atoms with Gasteiger partial charge in [-0.3, -0.25) is 0 Å². The van der Waals surface area contributed by atoms with E-state index in [-0.39, 0.29) is 26.1 Å². The van der Waals surface area contributed by atoms with Crippen LogP contribution in [0.4, 0.5) is 0 Å². The smallest absolute Gasteiger partial charge is 0.324 e. The fourth-order valence-electron chi connectivity index (χ4n) is 2.28. The molecule has 3 saturated heterocycles. The molecule has 3 fully saturated rings. The maximum atomic E-state index is 10.2. The van der Waals surface area contributed by atoms with Crippen molar-refractivity contribution in [2.24, 2.45) is 0 Å². The molecule has 0 aromatic heterocycles. The highest BCUT2D eigenvalue weighted by molar-refractivity contribution is 8.07. The summed E-state index contributed by atoms with van der Waals surface area (Å²) in [5, 5.41) is 0. The molecule has 128 valence electrons. The van der Waals surface area contributed by atoms with Crippen LogP contribution in [-0.4, -0.2) is 60.6 Å². The van der Waals surface area contributed by atoms with Gasteiger partial charge in [-0.05, 0) is 23.6 Å². The minimum atomic E-state index is -3.60. The monoisotopic (exact) mass is 396 g/mol. The van der Waals surface area contributed by atoms with Gasteiger partial charge in [0.05, 0.1) is 28.2 Å². The fourth-order valence-corrected chi connectivity index (χ4v) is 5.23. The lowest BCUT2D eigenvalue weighted by atomic mass is 10.2. The Hall–Kier alpha value is 0.980. The van der Waals surface area contributed by atoms with Crippen LogP contribution in [-0.2, 0) is 51.2 Å². The molecule has 2 N–H and O–H groups in total. The maximum absolute atomic E-state index is 10.2. The molecule has 0 aliphatic carbocycles. The maximum Gasteiger partial charge on any atom is 0.324 e. The van der Waals surface area contributed by atoms with Crippen LogP contribution in [0.3, 0.4) is 0 Å². The average Bonchev–Trinajstić information content (AvgIpc) is 2.95. The first-order chi connectivity index (χ1) is 11.1. The minimum Gasteiger partial charge on any atom is -0.373 e. The topological polar surface area (TPSA) is 95.8 Å². The van der Waals surface area contributed by atoms with E-state index >= 15 is 0 Å². The second-order valence-corrected chi connectivity index (χ2v) is 10.6. The lowest BCUT2D eigenvalue weighted by Crippen LogP contribution is -2.32. The molecule has 0 spiro atoms. The summed E-state index contributed by atoms with van der Waals surface area (Å²) in [6, 6.07) is 0. The van der Waals surface area contributed by atoms with Gasteiger partial charge in [-0.15, -0.1) is 0 Å². The van der Waals surface area contributed by atoms with Crippen molar-refractivity contribution in [2.75, 3.05) is 26.4 Å². The molecule has 0 aromatic carbocycles. The molecule has 0 bridgehead atoms. The highest BCUT2D eigenvalue weighted by Gasteiger charge is 2.40. The van der Waals surface area contributed by atoms with Crippen molar-refractivity contribution in [2.45, 2.75) is 37.3 Å². The van der Waals surface area contributed by atoms with E-state index in [9.17, 15) is 9.79 Å². The van der Waals surface area contributed by atoms with Crippen molar-refractivity contribution in [3.8, 4) is 0 Å². The highest BCUT2D eigenvalue weighted by Crippen LogP contribution is 2.51. The third kappa shape index (κ3) is 4.53. The van der Waals surface area contributed by atoms with Gasteiger partial charge in [-0.1, -0.05) is 0 Å². The summed E-state index contributed by atoms with van der Waals surface area (Å²) in [6.45, 7) is -9.28. The van der Waals surface area contributed by atoms with Crippen molar-refractivity contribution >= 4 is 37.1 Å². The van der Waals surface area contributed by atoms with E-state index in [1.165, 1.54) is 0 Å². The Balaban J connectivity index is 1.79. The molecule has 2 unspecified atom stereocenters. The molecule has 0 saturated carbocycles. The molecule has 12 heteroatoms. The highest BCUT2D eigenvalue weighted by atomic mass is 32.5. The van der Waals surface area contributed by atoms with Gasteiger partial charge in [0.1, 0.15) is 12.2 Å². The number of fused-ring (bicyclic) bond motifs is 2. The van der Waals surface area contributed by atoms with Crippen LogP contribution < -0.4 is 0 Å². The van der Waals surface area contributed by atoms with Crippen LogP contribution in [0, 0.1) is 0 Å². The number of ether oxygens (including phenoxy) is 2. The third-order valence-electron chi connectivity index (χ3n) is 3.37. The molecule has 8 nitrogen and oxygen atoms in total. The van der Waals surface area contributed by atoms with Gasteiger partial charge in [-0.2, -0.15) is 0 Å². The van der Waals surface area contributed by atoms with Gasteiger partial charge in [0.2, 0.25) is 0 Å².